The molecule has 0 aliphatic carbocycles. The third-order valence-corrected chi connectivity index (χ3v) is 4.23. The van der Waals surface area contributed by atoms with E-state index in [9.17, 15) is 4.79 Å². The molecule has 1 aliphatic heterocycles. The lowest BCUT2D eigenvalue weighted by molar-refractivity contribution is 0.0757. The van der Waals surface area contributed by atoms with E-state index in [-0.39, 0.29) is 6.03 Å². The van der Waals surface area contributed by atoms with Crippen molar-refractivity contribution in [1.82, 2.24) is 10.2 Å². The number of ether oxygens (including phenoxy) is 2. The molecule has 23 heavy (non-hydrogen) atoms. The molecular formula is C18H28N2O3. The van der Waals surface area contributed by atoms with Gasteiger partial charge in [-0.25, -0.2) is 4.79 Å². The van der Waals surface area contributed by atoms with E-state index in [4.69, 9.17) is 9.47 Å². The van der Waals surface area contributed by atoms with Crippen LogP contribution < -0.4 is 10.1 Å². The predicted octanol–water partition coefficient (Wildman–Crippen LogP) is 2.70. The number of likely N-dealkylation sites (tertiary alicyclic amines) is 1. The molecule has 128 valence electrons. The SMILES string of the molecule is CCOCC1CCCN(C(=O)NCCc2ccccc2OC)C1. The minimum atomic E-state index is 0.0288. The molecule has 1 heterocycles. The summed E-state index contributed by atoms with van der Waals surface area (Å²) in [5, 5.41) is 3.02. The van der Waals surface area contributed by atoms with Crippen molar-refractivity contribution in [1.29, 1.82) is 0 Å². The van der Waals surface area contributed by atoms with Gasteiger partial charge in [-0.05, 0) is 37.8 Å². The van der Waals surface area contributed by atoms with E-state index in [2.05, 4.69) is 5.32 Å². The van der Waals surface area contributed by atoms with Crippen molar-refractivity contribution in [3.63, 3.8) is 0 Å². The predicted molar refractivity (Wildman–Crippen MR) is 90.9 cm³/mol. The quantitative estimate of drug-likeness (QED) is 0.840. The average Bonchev–Trinajstić information content (AvgIpc) is 2.60. The summed E-state index contributed by atoms with van der Waals surface area (Å²) in [4.78, 5) is 14.2. The molecule has 5 nitrogen and oxygen atoms in total. The van der Waals surface area contributed by atoms with Crippen LogP contribution in [-0.4, -0.2) is 50.9 Å². The number of nitrogens with one attached hydrogen (secondary N) is 1. The fourth-order valence-corrected chi connectivity index (χ4v) is 3.00. The van der Waals surface area contributed by atoms with Crippen molar-refractivity contribution in [3.8, 4) is 5.75 Å². The number of hydrogen-bond donors (Lipinski definition) is 1. The lowest BCUT2D eigenvalue weighted by atomic mass is 9.99. The molecule has 0 bridgehead atoms. The Kier molecular flexibility index (Phi) is 7.20. The van der Waals surface area contributed by atoms with Crippen LogP contribution >= 0.6 is 0 Å². The zero-order chi connectivity index (χ0) is 16.5. The summed E-state index contributed by atoms with van der Waals surface area (Å²) in [5.41, 5.74) is 1.11. The van der Waals surface area contributed by atoms with Gasteiger partial charge >= 0.3 is 6.03 Å². The third kappa shape index (κ3) is 5.43. The number of piperidine rings is 1. The molecule has 1 aromatic rings. The van der Waals surface area contributed by atoms with Crippen LogP contribution in [0.1, 0.15) is 25.3 Å². The second kappa shape index (κ2) is 9.40. The van der Waals surface area contributed by atoms with Crippen LogP contribution in [0.4, 0.5) is 4.79 Å². The zero-order valence-corrected chi connectivity index (χ0v) is 14.2. The van der Waals surface area contributed by atoms with Gasteiger partial charge in [-0.15, -0.1) is 0 Å². The summed E-state index contributed by atoms with van der Waals surface area (Å²) < 4.78 is 10.8. The van der Waals surface area contributed by atoms with Crippen LogP contribution in [-0.2, 0) is 11.2 Å². The number of rotatable bonds is 7. The van der Waals surface area contributed by atoms with E-state index in [0.717, 1.165) is 56.9 Å². The van der Waals surface area contributed by atoms with Gasteiger partial charge in [0.25, 0.3) is 0 Å². The second-order valence-electron chi connectivity index (χ2n) is 5.91. The van der Waals surface area contributed by atoms with Crippen LogP contribution in [0.2, 0.25) is 0 Å². The molecule has 2 rings (SSSR count). The van der Waals surface area contributed by atoms with Gasteiger partial charge in [0.2, 0.25) is 0 Å². The van der Waals surface area contributed by atoms with E-state index >= 15 is 0 Å². The molecule has 5 heteroatoms. The lowest BCUT2D eigenvalue weighted by Gasteiger charge is -2.32. The summed E-state index contributed by atoms with van der Waals surface area (Å²) in [7, 11) is 1.67. The molecule has 0 aromatic heterocycles. The van der Waals surface area contributed by atoms with Crippen molar-refractivity contribution in [2.75, 3.05) is 40.0 Å². The summed E-state index contributed by atoms with van der Waals surface area (Å²) in [5.74, 6) is 1.33. The maximum Gasteiger partial charge on any atom is 0.317 e. The van der Waals surface area contributed by atoms with Crippen molar-refractivity contribution in [2.45, 2.75) is 26.2 Å². The Morgan fingerprint density at radius 3 is 3.00 bits per heavy atom. The summed E-state index contributed by atoms with van der Waals surface area (Å²) >= 11 is 0. The van der Waals surface area contributed by atoms with Crippen molar-refractivity contribution >= 4 is 6.03 Å². The fraction of sp³-hybridized carbons (Fsp3) is 0.611. The number of carbonyl (C=O) groups excluding carboxylic acids is 1. The molecular weight excluding hydrogens is 292 g/mol. The number of para-hydroxylation sites is 1. The lowest BCUT2D eigenvalue weighted by Crippen LogP contribution is -2.46. The molecule has 0 saturated carbocycles. The average molecular weight is 320 g/mol. The second-order valence-corrected chi connectivity index (χ2v) is 5.91. The molecule has 1 N–H and O–H groups in total. The number of benzene rings is 1. The van der Waals surface area contributed by atoms with E-state index in [1.807, 2.05) is 36.1 Å². The minimum absolute atomic E-state index is 0.0288. The highest BCUT2D eigenvalue weighted by Crippen LogP contribution is 2.18. The fourth-order valence-electron chi connectivity index (χ4n) is 3.00. The summed E-state index contributed by atoms with van der Waals surface area (Å²) in [6.07, 6.45) is 2.97. The number of hydrogen-bond acceptors (Lipinski definition) is 3. The van der Waals surface area contributed by atoms with Gasteiger partial charge in [0.05, 0.1) is 13.7 Å². The maximum absolute atomic E-state index is 12.3. The minimum Gasteiger partial charge on any atom is -0.496 e. The van der Waals surface area contributed by atoms with E-state index in [0.29, 0.717) is 12.5 Å². The maximum atomic E-state index is 12.3. The van der Waals surface area contributed by atoms with Gasteiger partial charge in [-0.2, -0.15) is 0 Å². The Morgan fingerprint density at radius 1 is 1.39 bits per heavy atom. The zero-order valence-electron chi connectivity index (χ0n) is 14.2. The molecule has 1 unspecified atom stereocenters. The number of amides is 2. The highest BCUT2D eigenvalue weighted by Gasteiger charge is 2.23. The summed E-state index contributed by atoms with van der Waals surface area (Å²) in [6.45, 7) is 5.74. The normalized spacial score (nSPS) is 17.8. The molecule has 1 saturated heterocycles. The molecule has 2 amide bonds. The van der Waals surface area contributed by atoms with E-state index in [1.54, 1.807) is 7.11 Å². The van der Waals surface area contributed by atoms with Crippen LogP contribution in [0.5, 0.6) is 5.75 Å². The van der Waals surface area contributed by atoms with Crippen LogP contribution in [0.25, 0.3) is 0 Å². The van der Waals surface area contributed by atoms with Crippen molar-refractivity contribution in [3.05, 3.63) is 29.8 Å². The highest BCUT2D eigenvalue weighted by atomic mass is 16.5. The topological polar surface area (TPSA) is 50.8 Å². The van der Waals surface area contributed by atoms with Gasteiger partial charge in [-0.1, -0.05) is 18.2 Å². The molecule has 0 radical (unpaired) electrons. The largest absolute Gasteiger partial charge is 0.496 e. The number of nitrogens with zero attached hydrogens (tertiary/aromatic N) is 1. The Bertz CT molecular complexity index is 493. The number of urea groups is 1. The Balaban J connectivity index is 1.76. The first kappa shape index (κ1) is 17.6. The van der Waals surface area contributed by atoms with Gasteiger partial charge in [0, 0.05) is 32.2 Å². The number of methoxy groups -OCH3 is 1. The van der Waals surface area contributed by atoms with Gasteiger partial charge in [0.1, 0.15) is 5.75 Å². The first-order valence-electron chi connectivity index (χ1n) is 8.47. The standard InChI is InChI=1S/C18H28N2O3/c1-3-23-14-15-7-6-12-20(13-15)18(21)19-11-10-16-8-4-5-9-17(16)22-2/h4-5,8-9,15H,3,6-7,10-14H2,1-2H3,(H,19,21). The van der Waals surface area contributed by atoms with Crippen molar-refractivity contribution in [2.24, 2.45) is 5.92 Å². The summed E-state index contributed by atoms with van der Waals surface area (Å²) in [6, 6.07) is 7.95. The Morgan fingerprint density at radius 2 is 2.22 bits per heavy atom. The molecule has 0 spiro atoms. The first-order valence-corrected chi connectivity index (χ1v) is 8.47. The van der Waals surface area contributed by atoms with Crippen LogP contribution in [0, 0.1) is 5.92 Å². The van der Waals surface area contributed by atoms with Crippen molar-refractivity contribution < 1.29 is 14.3 Å². The molecule has 1 fully saturated rings. The monoisotopic (exact) mass is 320 g/mol. The van der Waals surface area contributed by atoms with Gasteiger partial charge in [-0.3, -0.25) is 0 Å². The molecule has 1 aromatic carbocycles. The molecule has 1 aliphatic rings. The number of carbonyl (C=O) groups is 1. The third-order valence-electron chi connectivity index (χ3n) is 4.23. The van der Waals surface area contributed by atoms with E-state index in [1.165, 1.54) is 0 Å². The van der Waals surface area contributed by atoms with Gasteiger partial charge in [0.15, 0.2) is 0 Å². The Hall–Kier alpha value is -1.75. The van der Waals surface area contributed by atoms with Crippen LogP contribution in [0.15, 0.2) is 24.3 Å². The first-order chi connectivity index (χ1) is 11.2. The van der Waals surface area contributed by atoms with Gasteiger partial charge < -0.3 is 19.7 Å². The van der Waals surface area contributed by atoms with E-state index < -0.39 is 0 Å². The Labute approximate surface area is 139 Å². The van der Waals surface area contributed by atoms with Crippen LogP contribution in [0.3, 0.4) is 0 Å². The molecule has 1 atom stereocenters. The highest BCUT2D eigenvalue weighted by molar-refractivity contribution is 5.74. The smallest absolute Gasteiger partial charge is 0.317 e.